The third-order valence-corrected chi connectivity index (χ3v) is 5.08. The summed E-state index contributed by atoms with van der Waals surface area (Å²) in [5, 5.41) is 7.62. The van der Waals surface area contributed by atoms with Gasteiger partial charge in [-0.2, -0.15) is 0 Å². The normalized spacial score (nSPS) is 14.1. The van der Waals surface area contributed by atoms with Gasteiger partial charge in [0.1, 0.15) is 11.6 Å². The monoisotopic (exact) mass is 375 g/mol. The van der Waals surface area contributed by atoms with Gasteiger partial charge in [-0.15, -0.1) is 0 Å². The molecule has 6 nitrogen and oxygen atoms in total. The molecule has 0 saturated carbocycles. The summed E-state index contributed by atoms with van der Waals surface area (Å²) in [6.07, 6.45) is 7.43. The fourth-order valence-corrected chi connectivity index (χ4v) is 3.69. The van der Waals surface area contributed by atoms with Gasteiger partial charge in [0.15, 0.2) is 0 Å². The smallest absolute Gasteiger partial charge is 0.320 e. The van der Waals surface area contributed by atoms with E-state index in [0.717, 1.165) is 40.8 Å². The molecule has 0 atom stereocenters. The Morgan fingerprint density at radius 2 is 1.96 bits per heavy atom. The average Bonchev–Trinajstić information content (AvgIpc) is 2.74. The Kier molecular flexibility index (Phi) is 5.37. The molecule has 1 aliphatic heterocycles. The molecule has 4 rings (SSSR count). The molecule has 3 heterocycles. The molecule has 1 aliphatic rings. The van der Waals surface area contributed by atoms with Crippen LogP contribution in [0.1, 0.15) is 26.2 Å². The maximum Gasteiger partial charge on any atom is 0.320 e. The first-order chi connectivity index (χ1) is 13.7. The number of piperidine rings is 1. The van der Waals surface area contributed by atoms with Crippen LogP contribution < -0.4 is 15.5 Å². The fourth-order valence-electron chi connectivity index (χ4n) is 3.69. The van der Waals surface area contributed by atoms with Crippen LogP contribution in [-0.4, -0.2) is 35.6 Å². The summed E-state index contributed by atoms with van der Waals surface area (Å²) in [4.78, 5) is 23.2. The van der Waals surface area contributed by atoms with Crippen LogP contribution in [-0.2, 0) is 0 Å². The minimum absolute atomic E-state index is 0.247. The van der Waals surface area contributed by atoms with Crippen LogP contribution in [0.5, 0.6) is 0 Å². The molecule has 1 aromatic carbocycles. The third kappa shape index (κ3) is 3.91. The number of urea groups is 1. The molecule has 0 spiro atoms. The summed E-state index contributed by atoms with van der Waals surface area (Å²) in [7, 11) is 0. The molecule has 28 heavy (non-hydrogen) atoms. The lowest BCUT2D eigenvalue weighted by atomic mass is 10.00. The number of rotatable bonds is 4. The van der Waals surface area contributed by atoms with Crippen molar-refractivity contribution in [2.24, 2.45) is 0 Å². The lowest BCUT2D eigenvalue weighted by molar-refractivity contribution is 0.252. The van der Waals surface area contributed by atoms with Gasteiger partial charge in [0, 0.05) is 37.4 Å². The molecule has 1 saturated heterocycles. The summed E-state index contributed by atoms with van der Waals surface area (Å²) in [6.45, 7) is 4.59. The number of benzene rings is 1. The van der Waals surface area contributed by atoms with Crippen molar-refractivity contribution in [3.05, 3.63) is 48.8 Å². The van der Waals surface area contributed by atoms with Gasteiger partial charge in [0.05, 0.1) is 0 Å². The first kappa shape index (κ1) is 18.2. The van der Waals surface area contributed by atoms with Gasteiger partial charge in [-0.25, -0.2) is 14.8 Å². The predicted octanol–water partition coefficient (Wildman–Crippen LogP) is 4.43. The highest BCUT2D eigenvalue weighted by Crippen LogP contribution is 2.31. The van der Waals surface area contributed by atoms with Crippen molar-refractivity contribution in [1.29, 1.82) is 0 Å². The molecule has 144 valence electrons. The topological polar surface area (TPSA) is 70.2 Å². The lowest BCUT2D eigenvalue weighted by Crippen LogP contribution is -2.30. The zero-order valence-electron chi connectivity index (χ0n) is 16.1. The zero-order valence-corrected chi connectivity index (χ0v) is 16.1. The Labute approximate surface area is 165 Å². The average molecular weight is 375 g/mol. The van der Waals surface area contributed by atoms with Crippen molar-refractivity contribution in [2.75, 3.05) is 29.9 Å². The Morgan fingerprint density at radius 1 is 1.11 bits per heavy atom. The van der Waals surface area contributed by atoms with Crippen LogP contribution in [0.4, 0.5) is 16.4 Å². The molecular formula is C22H25N5O. The Hall–Kier alpha value is -3.15. The number of pyridine rings is 2. The number of amides is 2. The number of hydrogen-bond donors (Lipinski definition) is 2. The first-order valence-electron chi connectivity index (χ1n) is 9.89. The number of carbonyl (C=O) groups excluding carboxylic acids is 1. The summed E-state index contributed by atoms with van der Waals surface area (Å²) < 4.78 is 0. The molecule has 2 aromatic heterocycles. The maximum absolute atomic E-state index is 11.8. The minimum Gasteiger partial charge on any atom is -0.357 e. The van der Waals surface area contributed by atoms with E-state index < -0.39 is 0 Å². The molecule has 0 radical (unpaired) electrons. The number of carbonyl (C=O) groups is 1. The minimum atomic E-state index is -0.247. The molecule has 1 fully saturated rings. The van der Waals surface area contributed by atoms with Crippen molar-refractivity contribution in [2.45, 2.75) is 26.2 Å². The first-order valence-corrected chi connectivity index (χ1v) is 9.89. The zero-order chi connectivity index (χ0) is 19.3. The molecule has 2 N–H and O–H groups in total. The van der Waals surface area contributed by atoms with Crippen molar-refractivity contribution in [1.82, 2.24) is 15.3 Å². The third-order valence-electron chi connectivity index (χ3n) is 5.08. The van der Waals surface area contributed by atoms with E-state index in [1.165, 1.54) is 19.3 Å². The second-order valence-electron chi connectivity index (χ2n) is 7.03. The number of aromatic nitrogens is 2. The number of nitrogens with one attached hydrogen (secondary N) is 2. The molecular weight excluding hydrogens is 350 g/mol. The standard InChI is InChI=1S/C22H25N5O/c1-2-23-22(28)26-20-14-19-17(15-25-20)7-6-8-18(19)16-9-10-24-21(13-16)27-11-4-3-5-12-27/h6-10,13-15H,2-5,11-12H2,1H3,(H2,23,25,26,28). The van der Waals surface area contributed by atoms with Crippen LogP contribution in [0, 0.1) is 0 Å². The molecule has 6 heteroatoms. The molecule has 0 bridgehead atoms. The number of hydrogen-bond acceptors (Lipinski definition) is 4. The van der Waals surface area contributed by atoms with Crippen LogP contribution in [0.25, 0.3) is 21.9 Å². The SMILES string of the molecule is CCNC(=O)Nc1cc2c(-c3ccnc(N4CCCCC4)c3)cccc2cn1. The van der Waals surface area contributed by atoms with Crippen molar-refractivity contribution in [3.63, 3.8) is 0 Å². The number of anilines is 2. The van der Waals surface area contributed by atoms with Gasteiger partial charge in [0.2, 0.25) is 0 Å². The van der Waals surface area contributed by atoms with E-state index in [2.05, 4.69) is 37.6 Å². The van der Waals surface area contributed by atoms with Gasteiger partial charge < -0.3 is 10.2 Å². The van der Waals surface area contributed by atoms with E-state index in [4.69, 9.17) is 0 Å². The summed E-state index contributed by atoms with van der Waals surface area (Å²) in [6, 6.07) is 12.1. The highest BCUT2D eigenvalue weighted by Gasteiger charge is 2.14. The second kappa shape index (κ2) is 8.25. The van der Waals surface area contributed by atoms with Crippen LogP contribution in [0.3, 0.4) is 0 Å². The van der Waals surface area contributed by atoms with Crippen LogP contribution in [0.15, 0.2) is 48.8 Å². The maximum atomic E-state index is 11.8. The van der Waals surface area contributed by atoms with E-state index in [9.17, 15) is 4.79 Å². The van der Waals surface area contributed by atoms with Gasteiger partial charge in [-0.05, 0) is 60.9 Å². The Balaban J connectivity index is 1.70. The summed E-state index contributed by atoms with van der Waals surface area (Å²) in [5.74, 6) is 1.57. The van der Waals surface area contributed by atoms with Crippen LogP contribution >= 0.6 is 0 Å². The van der Waals surface area contributed by atoms with Gasteiger partial charge in [-0.1, -0.05) is 18.2 Å². The number of fused-ring (bicyclic) bond motifs is 1. The lowest BCUT2D eigenvalue weighted by Gasteiger charge is -2.28. The quantitative estimate of drug-likeness (QED) is 0.708. The van der Waals surface area contributed by atoms with Crippen molar-refractivity contribution < 1.29 is 4.79 Å². The second-order valence-corrected chi connectivity index (χ2v) is 7.03. The van der Waals surface area contributed by atoms with E-state index in [1.54, 1.807) is 6.20 Å². The van der Waals surface area contributed by atoms with Gasteiger partial charge >= 0.3 is 6.03 Å². The Morgan fingerprint density at radius 3 is 2.79 bits per heavy atom. The van der Waals surface area contributed by atoms with Crippen LogP contribution in [0.2, 0.25) is 0 Å². The van der Waals surface area contributed by atoms with E-state index in [1.807, 2.05) is 37.4 Å². The number of nitrogens with zero attached hydrogens (tertiary/aromatic N) is 3. The highest BCUT2D eigenvalue weighted by molar-refractivity contribution is 5.99. The van der Waals surface area contributed by atoms with Crippen molar-refractivity contribution >= 4 is 28.4 Å². The van der Waals surface area contributed by atoms with Gasteiger partial charge in [-0.3, -0.25) is 5.32 Å². The molecule has 0 aliphatic carbocycles. The van der Waals surface area contributed by atoms with Crippen molar-refractivity contribution in [3.8, 4) is 11.1 Å². The molecule has 3 aromatic rings. The van der Waals surface area contributed by atoms with Gasteiger partial charge in [0.25, 0.3) is 0 Å². The highest BCUT2D eigenvalue weighted by atomic mass is 16.2. The predicted molar refractivity (Wildman–Crippen MR) is 114 cm³/mol. The molecule has 0 unspecified atom stereocenters. The van der Waals surface area contributed by atoms with E-state index in [-0.39, 0.29) is 6.03 Å². The van der Waals surface area contributed by atoms with E-state index in [0.29, 0.717) is 12.4 Å². The fraction of sp³-hybridized carbons (Fsp3) is 0.318. The van der Waals surface area contributed by atoms with E-state index >= 15 is 0 Å². The molecule has 2 amide bonds. The largest absolute Gasteiger partial charge is 0.357 e. The summed E-state index contributed by atoms with van der Waals surface area (Å²) in [5.41, 5.74) is 2.23. The summed E-state index contributed by atoms with van der Waals surface area (Å²) >= 11 is 0. The Bertz CT molecular complexity index is 982.